The molecule has 33 heavy (non-hydrogen) atoms. The van der Waals surface area contributed by atoms with E-state index in [1.54, 1.807) is 0 Å². The zero-order chi connectivity index (χ0) is 22.9. The van der Waals surface area contributed by atoms with Crippen LogP contribution < -0.4 is 5.32 Å². The second kappa shape index (κ2) is 8.67. The number of ether oxygens (including phenoxy) is 1. The molecule has 0 radical (unpaired) electrons. The molecule has 1 aromatic heterocycles. The summed E-state index contributed by atoms with van der Waals surface area (Å²) in [5.74, 6) is -1.37. The van der Waals surface area contributed by atoms with Crippen molar-refractivity contribution in [3.63, 3.8) is 0 Å². The predicted molar refractivity (Wildman–Crippen MR) is 121 cm³/mol. The first-order valence-corrected chi connectivity index (χ1v) is 11.4. The Morgan fingerprint density at radius 3 is 2.36 bits per heavy atom. The van der Waals surface area contributed by atoms with Crippen LogP contribution in [0.5, 0.6) is 0 Å². The summed E-state index contributed by atoms with van der Waals surface area (Å²) in [5, 5.41) is 12.3. The van der Waals surface area contributed by atoms with Gasteiger partial charge in [-0.15, -0.1) is 11.3 Å². The van der Waals surface area contributed by atoms with Gasteiger partial charge in [-0.1, -0.05) is 48.5 Å². The molecular formula is C24H21N3O5S. The van der Waals surface area contributed by atoms with Crippen LogP contribution in [0, 0.1) is 0 Å². The maximum atomic E-state index is 12.5. The number of carbonyl (C=O) groups is 3. The average molecular weight is 464 g/mol. The Labute approximate surface area is 193 Å². The third kappa shape index (κ3) is 3.95. The average Bonchev–Trinajstić information content (AvgIpc) is 3.38. The van der Waals surface area contributed by atoms with Gasteiger partial charge in [0.2, 0.25) is 0 Å². The van der Waals surface area contributed by atoms with Crippen LogP contribution in [0.3, 0.4) is 0 Å². The molecule has 5 rings (SSSR count). The molecule has 2 N–H and O–H groups in total. The van der Waals surface area contributed by atoms with Gasteiger partial charge in [0.1, 0.15) is 22.5 Å². The van der Waals surface area contributed by atoms with Crippen molar-refractivity contribution < 1.29 is 24.2 Å². The lowest BCUT2D eigenvalue weighted by molar-refractivity contribution is -0.146. The van der Waals surface area contributed by atoms with Gasteiger partial charge in [-0.3, -0.25) is 4.79 Å². The van der Waals surface area contributed by atoms with Gasteiger partial charge in [0.05, 0.1) is 12.7 Å². The number of likely N-dealkylation sites (tertiary alicyclic amines) is 1. The fraction of sp³-hybridized carbons (Fsp3) is 0.250. The molecule has 1 aliphatic carbocycles. The summed E-state index contributed by atoms with van der Waals surface area (Å²) >= 11 is 1.13. The number of aliphatic carboxylic acids is 1. The molecule has 0 bridgehead atoms. The lowest BCUT2D eigenvalue weighted by atomic mass is 9.98. The summed E-state index contributed by atoms with van der Waals surface area (Å²) in [6, 6.07) is 15.5. The first-order valence-electron chi connectivity index (χ1n) is 10.6. The lowest BCUT2D eigenvalue weighted by Crippen LogP contribution is -2.54. The molecule has 2 amide bonds. The third-order valence-electron chi connectivity index (χ3n) is 6.06. The van der Waals surface area contributed by atoms with Gasteiger partial charge in [-0.05, 0) is 28.7 Å². The number of thiazole rings is 1. The number of nitrogens with zero attached hydrogens (tertiary/aromatic N) is 2. The number of carbonyl (C=O) groups excluding carboxylic acids is 2. The number of aromatic nitrogens is 1. The van der Waals surface area contributed by atoms with Crippen LogP contribution in [0.25, 0.3) is 11.1 Å². The molecule has 0 saturated carbocycles. The zero-order valence-corrected chi connectivity index (χ0v) is 18.4. The first kappa shape index (κ1) is 21.1. The summed E-state index contributed by atoms with van der Waals surface area (Å²) in [6.45, 7) is 0.755. The van der Waals surface area contributed by atoms with Gasteiger partial charge in [0, 0.05) is 12.5 Å². The van der Waals surface area contributed by atoms with E-state index >= 15 is 0 Å². The highest BCUT2D eigenvalue weighted by Gasteiger charge is 2.38. The Balaban J connectivity index is 1.16. The number of amides is 2. The van der Waals surface area contributed by atoms with E-state index in [9.17, 15) is 14.4 Å². The Morgan fingerprint density at radius 2 is 1.76 bits per heavy atom. The van der Waals surface area contributed by atoms with E-state index in [0.29, 0.717) is 22.9 Å². The van der Waals surface area contributed by atoms with Gasteiger partial charge in [-0.25, -0.2) is 14.6 Å². The fourth-order valence-corrected chi connectivity index (χ4v) is 5.13. The van der Waals surface area contributed by atoms with Gasteiger partial charge < -0.3 is 20.1 Å². The minimum Gasteiger partial charge on any atom is -0.480 e. The Kier molecular flexibility index (Phi) is 5.55. The first-order chi connectivity index (χ1) is 16.0. The fourth-order valence-electron chi connectivity index (χ4n) is 4.32. The van der Waals surface area contributed by atoms with Crippen LogP contribution in [0.1, 0.15) is 38.1 Å². The predicted octanol–water partition coefficient (Wildman–Crippen LogP) is 3.48. The van der Waals surface area contributed by atoms with Crippen molar-refractivity contribution in [2.45, 2.75) is 24.9 Å². The number of hydrogen-bond donors (Lipinski definition) is 2. The van der Waals surface area contributed by atoms with Gasteiger partial charge in [-0.2, -0.15) is 0 Å². The summed E-state index contributed by atoms with van der Waals surface area (Å²) in [4.78, 5) is 41.8. The SMILES string of the molecule is O=C(NCc1ncc(C(=O)N2CCC2C(=O)O)s1)OCC1c2ccccc2-c2ccccc21. The second-order valence-electron chi connectivity index (χ2n) is 7.94. The maximum absolute atomic E-state index is 12.5. The number of benzene rings is 2. The van der Waals surface area contributed by atoms with Crippen LogP contribution in [0.2, 0.25) is 0 Å². The van der Waals surface area contributed by atoms with Crippen molar-refractivity contribution in [2.75, 3.05) is 13.2 Å². The molecule has 9 heteroatoms. The molecule has 2 aliphatic rings. The number of rotatable bonds is 6. The number of carboxylic acids is 1. The molecule has 1 saturated heterocycles. The number of hydrogen-bond acceptors (Lipinski definition) is 6. The molecular weight excluding hydrogens is 442 g/mol. The van der Waals surface area contributed by atoms with Gasteiger partial charge >= 0.3 is 12.1 Å². The molecule has 1 aliphatic heterocycles. The molecule has 1 unspecified atom stereocenters. The topological polar surface area (TPSA) is 109 Å². The minimum absolute atomic E-state index is 0.0223. The highest BCUT2D eigenvalue weighted by molar-refractivity contribution is 7.13. The maximum Gasteiger partial charge on any atom is 0.407 e. The summed E-state index contributed by atoms with van der Waals surface area (Å²) in [6.07, 6.45) is 1.31. The number of fused-ring (bicyclic) bond motifs is 3. The van der Waals surface area contributed by atoms with Crippen molar-refractivity contribution in [1.82, 2.24) is 15.2 Å². The van der Waals surface area contributed by atoms with E-state index in [4.69, 9.17) is 9.84 Å². The molecule has 8 nitrogen and oxygen atoms in total. The van der Waals surface area contributed by atoms with E-state index in [2.05, 4.69) is 34.6 Å². The van der Waals surface area contributed by atoms with Crippen LogP contribution in [0.4, 0.5) is 4.79 Å². The van der Waals surface area contributed by atoms with E-state index in [1.807, 2.05) is 24.3 Å². The van der Waals surface area contributed by atoms with Crippen molar-refractivity contribution in [3.05, 3.63) is 75.7 Å². The molecule has 168 valence electrons. The summed E-state index contributed by atoms with van der Waals surface area (Å²) in [7, 11) is 0. The smallest absolute Gasteiger partial charge is 0.407 e. The summed E-state index contributed by atoms with van der Waals surface area (Å²) < 4.78 is 5.51. The second-order valence-corrected chi connectivity index (χ2v) is 9.05. The van der Waals surface area contributed by atoms with Gasteiger partial charge in [0.25, 0.3) is 5.91 Å². The molecule has 0 spiro atoms. The number of carboxylic acid groups (broad SMARTS) is 1. The molecule has 2 aromatic carbocycles. The van der Waals surface area contributed by atoms with Crippen LogP contribution in [-0.4, -0.2) is 52.2 Å². The van der Waals surface area contributed by atoms with Crippen molar-refractivity contribution in [2.24, 2.45) is 0 Å². The normalized spacial score (nSPS) is 16.5. The number of nitrogens with one attached hydrogen (secondary N) is 1. The largest absolute Gasteiger partial charge is 0.480 e. The Hall–Kier alpha value is -3.72. The van der Waals surface area contributed by atoms with Crippen molar-refractivity contribution in [1.29, 1.82) is 0 Å². The van der Waals surface area contributed by atoms with Gasteiger partial charge in [0.15, 0.2) is 0 Å². The van der Waals surface area contributed by atoms with Crippen molar-refractivity contribution >= 4 is 29.3 Å². The number of alkyl carbamates (subject to hydrolysis) is 1. The van der Waals surface area contributed by atoms with Crippen LogP contribution in [0.15, 0.2) is 54.7 Å². The Morgan fingerprint density at radius 1 is 1.09 bits per heavy atom. The third-order valence-corrected chi connectivity index (χ3v) is 7.04. The zero-order valence-electron chi connectivity index (χ0n) is 17.6. The van der Waals surface area contributed by atoms with E-state index < -0.39 is 18.1 Å². The summed E-state index contributed by atoms with van der Waals surface area (Å²) in [5.41, 5.74) is 4.60. The van der Waals surface area contributed by atoms with E-state index in [-0.39, 0.29) is 25.0 Å². The molecule has 1 atom stereocenters. The van der Waals surface area contributed by atoms with Crippen LogP contribution in [-0.2, 0) is 16.1 Å². The highest BCUT2D eigenvalue weighted by Crippen LogP contribution is 2.44. The molecule has 2 heterocycles. The quantitative estimate of drug-likeness (QED) is 0.579. The monoisotopic (exact) mass is 463 g/mol. The van der Waals surface area contributed by atoms with E-state index in [0.717, 1.165) is 33.6 Å². The van der Waals surface area contributed by atoms with E-state index in [1.165, 1.54) is 11.1 Å². The van der Waals surface area contributed by atoms with Crippen LogP contribution >= 0.6 is 11.3 Å². The standard InChI is InChI=1S/C24H21N3O5S/c28-22(27-10-9-19(27)23(29)30)20-11-25-21(33-20)12-26-24(31)32-13-18-16-7-3-1-5-14(16)15-6-2-4-8-17(15)18/h1-8,11,18-19H,9-10,12-13H2,(H,26,31)(H,29,30). The Bertz CT molecular complexity index is 1190. The molecule has 1 fully saturated rings. The van der Waals surface area contributed by atoms with Crippen molar-refractivity contribution in [3.8, 4) is 11.1 Å². The lowest BCUT2D eigenvalue weighted by Gasteiger charge is -2.37. The minimum atomic E-state index is -1.00. The highest BCUT2D eigenvalue weighted by atomic mass is 32.1. The molecule has 3 aromatic rings.